The average Bonchev–Trinajstić information content (AvgIpc) is 2.69. The van der Waals surface area contributed by atoms with Crippen LogP contribution in [0.25, 0.3) is 0 Å². The van der Waals surface area contributed by atoms with E-state index >= 15 is 0 Å². The van der Waals surface area contributed by atoms with Gasteiger partial charge in [-0.2, -0.15) is 0 Å². The Morgan fingerprint density at radius 1 is 1.53 bits per heavy atom. The molecule has 0 spiro atoms. The normalized spacial score (nSPS) is 26.8. The second kappa shape index (κ2) is 5.95. The van der Waals surface area contributed by atoms with Gasteiger partial charge in [-0.05, 0) is 6.42 Å². The molecule has 1 fully saturated rings. The van der Waals surface area contributed by atoms with E-state index in [4.69, 9.17) is 14.9 Å². The molecule has 0 bridgehead atoms. The van der Waals surface area contributed by atoms with Gasteiger partial charge in [-0.3, -0.25) is 14.5 Å². The lowest BCUT2D eigenvalue weighted by atomic mass is 10.1. The maximum atomic E-state index is 11.0. The third-order valence-electron chi connectivity index (χ3n) is 2.78. The number of carbonyl (C=O) groups is 2. The molecule has 1 heterocycles. The van der Waals surface area contributed by atoms with Crippen LogP contribution < -0.4 is 0 Å². The van der Waals surface area contributed by atoms with Crippen molar-refractivity contribution in [1.82, 2.24) is 4.90 Å². The van der Waals surface area contributed by atoms with E-state index in [-0.39, 0.29) is 19.1 Å². The fourth-order valence-corrected chi connectivity index (χ4v) is 1.98. The van der Waals surface area contributed by atoms with Gasteiger partial charge in [0.15, 0.2) is 0 Å². The van der Waals surface area contributed by atoms with Crippen molar-refractivity contribution >= 4 is 11.9 Å². The lowest BCUT2D eigenvalue weighted by molar-refractivity contribution is -0.147. The largest absolute Gasteiger partial charge is 0.480 e. The molecule has 0 aromatic rings. The molecule has 3 N–H and O–H groups in total. The topological polar surface area (TPSA) is 107 Å². The van der Waals surface area contributed by atoms with Crippen LogP contribution in [0, 0.1) is 5.92 Å². The number of esters is 1. The van der Waals surface area contributed by atoms with Crippen LogP contribution in [0.1, 0.15) is 13.3 Å². The van der Waals surface area contributed by atoms with Crippen molar-refractivity contribution in [3.63, 3.8) is 0 Å². The zero-order chi connectivity index (χ0) is 13.0. The van der Waals surface area contributed by atoms with Crippen molar-refractivity contribution < 1.29 is 29.6 Å². The van der Waals surface area contributed by atoms with Gasteiger partial charge in [0.2, 0.25) is 0 Å². The number of carbonyl (C=O) groups excluding carboxylic acids is 1. The zero-order valence-corrected chi connectivity index (χ0v) is 9.57. The molecule has 7 heteroatoms. The molecule has 0 radical (unpaired) electrons. The van der Waals surface area contributed by atoms with E-state index in [9.17, 15) is 14.7 Å². The minimum atomic E-state index is -1.20. The Morgan fingerprint density at radius 2 is 2.18 bits per heavy atom. The van der Waals surface area contributed by atoms with Crippen molar-refractivity contribution in [3.8, 4) is 0 Å². The van der Waals surface area contributed by atoms with Gasteiger partial charge in [-0.25, -0.2) is 0 Å². The molecule has 1 saturated heterocycles. The summed E-state index contributed by atoms with van der Waals surface area (Å²) in [6.45, 7) is 1.17. The van der Waals surface area contributed by atoms with Gasteiger partial charge in [-0.1, -0.05) is 0 Å². The first-order chi connectivity index (χ1) is 7.95. The molecule has 1 rings (SSSR count). The number of aliphatic hydroxyl groups is 2. The summed E-state index contributed by atoms with van der Waals surface area (Å²) in [6, 6.07) is -0.849. The summed E-state index contributed by atoms with van der Waals surface area (Å²) < 4.78 is 4.81. The fourth-order valence-electron chi connectivity index (χ4n) is 1.98. The van der Waals surface area contributed by atoms with Crippen LogP contribution >= 0.6 is 0 Å². The van der Waals surface area contributed by atoms with Crippen LogP contribution in [-0.2, 0) is 14.3 Å². The SMILES string of the molecule is CC(=O)OCC1CC(C(=O)O)N(C(O)CO)C1. The van der Waals surface area contributed by atoms with Gasteiger partial charge in [-0.15, -0.1) is 0 Å². The Hall–Kier alpha value is -1.18. The average molecular weight is 247 g/mol. The van der Waals surface area contributed by atoms with E-state index in [1.807, 2.05) is 0 Å². The van der Waals surface area contributed by atoms with Crippen molar-refractivity contribution in [3.05, 3.63) is 0 Å². The van der Waals surface area contributed by atoms with Crippen LogP contribution in [0.3, 0.4) is 0 Å². The molecular weight excluding hydrogens is 230 g/mol. The Morgan fingerprint density at radius 3 is 2.65 bits per heavy atom. The summed E-state index contributed by atoms with van der Waals surface area (Å²) >= 11 is 0. The second-order valence-electron chi connectivity index (χ2n) is 4.12. The van der Waals surface area contributed by atoms with Crippen molar-refractivity contribution in [1.29, 1.82) is 0 Å². The third kappa shape index (κ3) is 3.65. The number of carboxylic acid groups (broad SMARTS) is 1. The third-order valence-corrected chi connectivity index (χ3v) is 2.78. The molecule has 3 unspecified atom stereocenters. The molecule has 17 heavy (non-hydrogen) atoms. The molecule has 0 aliphatic carbocycles. The van der Waals surface area contributed by atoms with Crippen LogP contribution in [0.5, 0.6) is 0 Å². The highest BCUT2D eigenvalue weighted by atomic mass is 16.5. The van der Waals surface area contributed by atoms with E-state index in [0.717, 1.165) is 0 Å². The molecule has 3 atom stereocenters. The van der Waals surface area contributed by atoms with Gasteiger partial charge < -0.3 is 20.1 Å². The Balaban J connectivity index is 2.59. The lowest BCUT2D eigenvalue weighted by Gasteiger charge is -2.25. The Kier molecular flexibility index (Phi) is 4.86. The summed E-state index contributed by atoms with van der Waals surface area (Å²) in [4.78, 5) is 22.9. The van der Waals surface area contributed by atoms with Crippen LogP contribution in [0.15, 0.2) is 0 Å². The zero-order valence-electron chi connectivity index (χ0n) is 9.57. The number of hydrogen-bond donors (Lipinski definition) is 3. The maximum absolute atomic E-state index is 11.0. The molecule has 0 aromatic heterocycles. The van der Waals surface area contributed by atoms with E-state index in [1.165, 1.54) is 11.8 Å². The summed E-state index contributed by atoms with van der Waals surface area (Å²) in [5.41, 5.74) is 0. The summed E-state index contributed by atoms with van der Waals surface area (Å²) in [7, 11) is 0. The van der Waals surface area contributed by atoms with Crippen molar-refractivity contribution in [2.75, 3.05) is 19.8 Å². The molecular formula is C10H17NO6. The predicted molar refractivity (Wildman–Crippen MR) is 56.0 cm³/mol. The minimum Gasteiger partial charge on any atom is -0.480 e. The highest BCUT2D eigenvalue weighted by Gasteiger charge is 2.40. The maximum Gasteiger partial charge on any atom is 0.321 e. The van der Waals surface area contributed by atoms with Gasteiger partial charge in [0.05, 0.1) is 13.2 Å². The summed E-state index contributed by atoms with van der Waals surface area (Å²) in [5, 5.41) is 27.3. The number of carboxylic acids is 1. The second-order valence-corrected chi connectivity index (χ2v) is 4.12. The quantitative estimate of drug-likeness (QED) is 0.515. The summed E-state index contributed by atoms with van der Waals surface area (Å²) in [5.74, 6) is -1.61. The highest BCUT2D eigenvalue weighted by molar-refractivity contribution is 5.74. The Labute approximate surface area is 98.6 Å². The molecule has 0 aromatic carbocycles. The van der Waals surface area contributed by atoms with Crippen molar-refractivity contribution in [2.24, 2.45) is 5.92 Å². The minimum absolute atomic E-state index is 0.133. The number of aliphatic hydroxyl groups excluding tert-OH is 2. The first-order valence-electron chi connectivity index (χ1n) is 5.36. The fraction of sp³-hybridized carbons (Fsp3) is 0.800. The molecule has 0 saturated carbocycles. The number of likely N-dealkylation sites (tertiary alicyclic amines) is 1. The van der Waals surface area contributed by atoms with E-state index in [2.05, 4.69) is 0 Å². The number of aliphatic carboxylic acids is 1. The molecule has 0 amide bonds. The van der Waals surface area contributed by atoms with Gasteiger partial charge in [0.1, 0.15) is 12.3 Å². The van der Waals surface area contributed by atoms with Crippen LogP contribution in [0.4, 0.5) is 0 Å². The molecule has 98 valence electrons. The molecule has 1 aliphatic heterocycles. The predicted octanol–water partition coefficient (Wildman–Crippen LogP) is -1.36. The summed E-state index contributed by atoms with van der Waals surface area (Å²) in [6.07, 6.45) is -0.905. The number of nitrogens with zero attached hydrogens (tertiary/aromatic N) is 1. The Bertz CT molecular complexity index is 295. The highest BCUT2D eigenvalue weighted by Crippen LogP contribution is 2.25. The van der Waals surface area contributed by atoms with E-state index in [0.29, 0.717) is 6.42 Å². The smallest absolute Gasteiger partial charge is 0.321 e. The lowest BCUT2D eigenvalue weighted by Crippen LogP contribution is -2.45. The number of rotatable bonds is 5. The monoisotopic (exact) mass is 247 g/mol. The van der Waals surface area contributed by atoms with Gasteiger partial charge in [0, 0.05) is 19.4 Å². The first-order valence-corrected chi connectivity index (χ1v) is 5.36. The molecule has 7 nitrogen and oxygen atoms in total. The van der Waals surface area contributed by atoms with E-state index < -0.39 is 30.8 Å². The molecule has 1 aliphatic rings. The van der Waals surface area contributed by atoms with Crippen LogP contribution in [0.2, 0.25) is 0 Å². The standard InChI is InChI=1S/C10H17NO6/c1-6(13)17-5-7-2-8(10(15)16)11(3-7)9(14)4-12/h7-9,12,14H,2-5H2,1H3,(H,15,16). The van der Waals surface area contributed by atoms with Crippen molar-refractivity contribution in [2.45, 2.75) is 25.6 Å². The van der Waals surface area contributed by atoms with Crippen LogP contribution in [-0.4, -0.2) is 64.2 Å². The number of ether oxygens (including phenoxy) is 1. The van der Waals surface area contributed by atoms with E-state index in [1.54, 1.807) is 0 Å². The van der Waals surface area contributed by atoms with Gasteiger partial charge in [0.25, 0.3) is 0 Å². The number of hydrogen-bond acceptors (Lipinski definition) is 6. The van der Waals surface area contributed by atoms with Gasteiger partial charge >= 0.3 is 11.9 Å². The first kappa shape index (κ1) is 13.9.